The molecule has 33 heavy (non-hydrogen) atoms. The van der Waals surface area contributed by atoms with Gasteiger partial charge in [0, 0.05) is 43.3 Å². The van der Waals surface area contributed by atoms with E-state index in [0.717, 1.165) is 16.5 Å². The molecule has 2 aromatic carbocycles. The molecule has 8 heteroatoms. The molecule has 5 rings (SSSR count). The Morgan fingerprint density at radius 3 is 2.30 bits per heavy atom. The fourth-order valence-electron chi connectivity index (χ4n) is 4.46. The minimum absolute atomic E-state index is 0.0498. The number of nitrogens with one attached hydrogen (secondary N) is 1. The van der Waals surface area contributed by atoms with E-state index < -0.39 is 0 Å². The van der Waals surface area contributed by atoms with Crippen molar-refractivity contribution in [3.8, 4) is 0 Å². The Morgan fingerprint density at radius 1 is 0.909 bits per heavy atom. The van der Waals surface area contributed by atoms with Crippen molar-refractivity contribution in [3.63, 3.8) is 0 Å². The Hall–Kier alpha value is -3.94. The molecular formula is C25H25N5O3. The summed E-state index contributed by atoms with van der Waals surface area (Å²) in [7, 11) is 0. The molecule has 1 fully saturated rings. The predicted molar refractivity (Wildman–Crippen MR) is 126 cm³/mol. The molecule has 4 aromatic rings. The molecule has 0 unspecified atom stereocenters. The molecule has 1 aliphatic heterocycles. The predicted octanol–water partition coefficient (Wildman–Crippen LogP) is 2.10. The van der Waals surface area contributed by atoms with Crippen molar-refractivity contribution in [1.82, 2.24) is 24.3 Å². The summed E-state index contributed by atoms with van der Waals surface area (Å²) < 4.78 is 1.43. The van der Waals surface area contributed by atoms with Gasteiger partial charge in [-0.3, -0.25) is 19.0 Å². The van der Waals surface area contributed by atoms with Crippen LogP contribution in [-0.2, 0) is 22.6 Å². The fourth-order valence-corrected chi connectivity index (χ4v) is 4.46. The van der Waals surface area contributed by atoms with E-state index in [4.69, 9.17) is 0 Å². The van der Waals surface area contributed by atoms with Crippen LogP contribution in [0.1, 0.15) is 11.4 Å². The molecule has 0 aliphatic carbocycles. The summed E-state index contributed by atoms with van der Waals surface area (Å²) in [5.74, 6) is 0.429. The molecule has 2 aromatic heterocycles. The van der Waals surface area contributed by atoms with Crippen LogP contribution in [0.5, 0.6) is 0 Å². The highest BCUT2D eigenvalue weighted by atomic mass is 16.2. The number of nitrogens with zero attached hydrogens (tertiary/aromatic N) is 4. The lowest BCUT2D eigenvalue weighted by atomic mass is 10.1. The lowest BCUT2D eigenvalue weighted by Crippen LogP contribution is -2.52. The first-order valence-electron chi connectivity index (χ1n) is 11.1. The first kappa shape index (κ1) is 20.9. The number of amides is 2. The molecule has 1 saturated heterocycles. The van der Waals surface area contributed by atoms with Crippen LogP contribution in [0.25, 0.3) is 21.8 Å². The van der Waals surface area contributed by atoms with Gasteiger partial charge in [0.1, 0.15) is 12.4 Å². The van der Waals surface area contributed by atoms with Crippen molar-refractivity contribution in [2.75, 3.05) is 26.2 Å². The number of carbonyl (C=O) groups is 2. The van der Waals surface area contributed by atoms with Crippen LogP contribution in [0.2, 0.25) is 0 Å². The quantitative estimate of drug-likeness (QED) is 0.523. The molecule has 1 aliphatic rings. The van der Waals surface area contributed by atoms with Crippen LogP contribution in [0.15, 0.2) is 59.5 Å². The summed E-state index contributed by atoms with van der Waals surface area (Å²) in [6.45, 7) is 3.56. The first-order chi connectivity index (χ1) is 16.0. The van der Waals surface area contributed by atoms with Crippen LogP contribution in [0.3, 0.4) is 0 Å². The third-order valence-corrected chi connectivity index (χ3v) is 6.35. The Labute approximate surface area is 190 Å². The van der Waals surface area contributed by atoms with E-state index in [1.807, 2.05) is 36.5 Å². The highest BCUT2D eigenvalue weighted by molar-refractivity contribution is 5.89. The zero-order chi connectivity index (χ0) is 22.9. The minimum atomic E-state index is -0.209. The van der Waals surface area contributed by atoms with E-state index >= 15 is 0 Å². The molecule has 0 spiro atoms. The normalized spacial score (nSPS) is 14.2. The van der Waals surface area contributed by atoms with Gasteiger partial charge in [-0.25, -0.2) is 4.98 Å². The van der Waals surface area contributed by atoms with Gasteiger partial charge in [-0.15, -0.1) is 0 Å². The van der Waals surface area contributed by atoms with Gasteiger partial charge in [0.25, 0.3) is 5.56 Å². The van der Waals surface area contributed by atoms with Gasteiger partial charge in [0.05, 0.1) is 17.3 Å². The van der Waals surface area contributed by atoms with Gasteiger partial charge in [-0.1, -0.05) is 30.3 Å². The fraction of sp³-hybridized carbons (Fsp3) is 0.280. The van der Waals surface area contributed by atoms with Crippen molar-refractivity contribution in [3.05, 3.63) is 76.5 Å². The molecule has 0 atom stereocenters. The van der Waals surface area contributed by atoms with Crippen molar-refractivity contribution in [1.29, 1.82) is 0 Å². The molecule has 0 radical (unpaired) electrons. The first-order valence-corrected chi connectivity index (χ1v) is 11.1. The second-order valence-electron chi connectivity index (χ2n) is 8.37. The van der Waals surface area contributed by atoms with Gasteiger partial charge in [0.2, 0.25) is 11.8 Å². The average Bonchev–Trinajstić information content (AvgIpc) is 3.24. The zero-order valence-corrected chi connectivity index (χ0v) is 18.5. The topological polar surface area (TPSA) is 91.3 Å². The number of aromatic amines is 1. The minimum Gasteiger partial charge on any atom is -0.361 e. The molecule has 1 N–H and O–H groups in total. The van der Waals surface area contributed by atoms with E-state index in [9.17, 15) is 14.4 Å². The maximum atomic E-state index is 12.9. The number of hydrogen-bond donors (Lipinski definition) is 1. The summed E-state index contributed by atoms with van der Waals surface area (Å²) in [4.78, 5) is 49.8. The Balaban J connectivity index is 1.22. The van der Waals surface area contributed by atoms with Crippen LogP contribution >= 0.6 is 0 Å². The third-order valence-electron chi connectivity index (χ3n) is 6.35. The van der Waals surface area contributed by atoms with Crippen molar-refractivity contribution >= 4 is 33.6 Å². The second kappa shape index (κ2) is 8.54. The number of hydrogen-bond acceptors (Lipinski definition) is 4. The third kappa shape index (κ3) is 4.00. The lowest BCUT2D eigenvalue weighted by Gasteiger charge is -2.35. The van der Waals surface area contributed by atoms with E-state index in [-0.39, 0.29) is 23.9 Å². The lowest BCUT2D eigenvalue weighted by molar-refractivity contribution is -0.139. The Kier molecular flexibility index (Phi) is 5.42. The maximum Gasteiger partial charge on any atom is 0.261 e. The van der Waals surface area contributed by atoms with E-state index in [0.29, 0.717) is 49.3 Å². The number of aromatic nitrogens is 3. The van der Waals surface area contributed by atoms with Crippen LogP contribution in [-0.4, -0.2) is 62.3 Å². The van der Waals surface area contributed by atoms with Gasteiger partial charge in [-0.05, 0) is 30.7 Å². The Bertz CT molecular complexity index is 1410. The van der Waals surface area contributed by atoms with Crippen molar-refractivity contribution < 1.29 is 9.59 Å². The summed E-state index contributed by atoms with van der Waals surface area (Å²) in [5, 5.41) is 1.56. The smallest absolute Gasteiger partial charge is 0.261 e. The molecule has 3 heterocycles. The maximum absolute atomic E-state index is 12.9. The van der Waals surface area contributed by atoms with Crippen molar-refractivity contribution in [2.45, 2.75) is 19.9 Å². The summed E-state index contributed by atoms with van der Waals surface area (Å²) in [6, 6.07) is 15.1. The van der Waals surface area contributed by atoms with E-state index in [1.54, 1.807) is 34.9 Å². The van der Waals surface area contributed by atoms with Gasteiger partial charge in [0.15, 0.2) is 0 Å². The molecule has 168 valence electrons. The zero-order valence-electron chi connectivity index (χ0n) is 18.5. The molecule has 0 bridgehead atoms. The molecule has 0 saturated carbocycles. The largest absolute Gasteiger partial charge is 0.361 e. The highest BCUT2D eigenvalue weighted by Crippen LogP contribution is 2.19. The van der Waals surface area contributed by atoms with Gasteiger partial charge in [-0.2, -0.15) is 0 Å². The number of benzene rings is 2. The summed E-state index contributed by atoms with van der Waals surface area (Å²) in [5.41, 5.74) is 2.42. The van der Waals surface area contributed by atoms with E-state index in [1.165, 1.54) is 4.57 Å². The average molecular weight is 444 g/mol. The van der Waals surface area contributed by atoms with Crippen LogP contribution < -0.4 is 5.56 Å². The Morgan fingerprint density at radius 2 is 1.55 bits per heavy atom. The number of piperazine rings is 1. The highest BCUT2D eigenvalue weighted by Gasteiger charge is 2.25. The van der Waals surface area contributed by atoms with Gasteiger partial charge < -0.3 is 14.8 Å². The van der Waals surface area contributed by atoms with Crippen LogP contribution in [0, 0.1) is 6.92 Å². The summed E-state index contributed by atoms with van der Waals surface area (Å²) >= 11 is 0. The number of aryl methyl sites for hydroxylation is 1. The molecular weight excluding hydrogens is 418 g/mol. The molecule has 2 amide bonds. The summed E-state index contributed by atoms with van der Waals surface area (Å²) in [6.07, 6.45) is 2.22. The number of carbonyl (C=O) groups excluding carboxylic acids is 2. The number of rotatable bonds is 4. The van der Waals surface area contributed by atoms with E-state index in [2.05, 4.69) is 9.97 Å². The number of fused-ring (bicyclic) bond motifs is 2. The molecule has 8 nitrogen and oxygen atoms in total. The number of para-hydroxylation sites is 2. The monoisotopic (exact) mass is 443 g/mol. The second-order valence-corrected chi connectivity index (χ2v) is 8.37. The van der Waals surface area contributed by atoms with Gasteiger partial charge >= 0.3 is 0 Å². The SMILES string of the molecule is Cc1nc2ccccc2c(=O)n1CC(=O)N1CCN(C(=O)Cc2c[nH]c3ccccc23)CC1. The van der Waals surface area contributed by atoms with Crippen LogP contribution in [0.4, 0.5) is 0 Å². The standard InChI is InChI=1S/C25H25N5O3/c1-17-27-22-9-5-3-7-20(22)25(33)30(17)16-24(32)29-12-10-28(11-13-29)23(31)14-18-15-26-21-8-4-2-6-19(18)21/h2-9,15,26H,10-14,16H2,1H3. The number of H-pyrrole nitrogens is 1. The van der Waals surface area contributed by atoms with Crippen molar-refractivity contribution in [2.24, 2.45) is 0 Å².